The van der Waals surface area contributed by atoms with Gasteiger partial charge < -0.3 is 5.73 Å². The van der Waals surface area contributed by atoms with E-state index < -0.39 is 0 Å². The number of hydrogen-bond acceptors (Lipinski definition) is 4. The SMILES string of the molecule is CC(N)C(c1ccsc1)N1CCSCC1. The number of rotatable bonds is 3. The highest BCUT2D eigenvalue weighted by Gasteiger charge is 2.25. The van der Waals surface area contributed by atoms with Gasteiger partial charge in [0.25, 0.3) is 0 Å². The smallest absolute Gasteiger partial charge is 0.0505 e. The summed E-state index contributed by atoms with van der Waals surface area (Å²) in [4.78, 5) is 2.53. The van der Waals surface area contributed by atoms with Gasteiger partial charge in [-0.2, -0.15) is 23.1 Å². The first-order valence-corrected chi connectivity index (χ1v) is 7.48. The van der Waals surface area contributed by atoms with E-state index in [-0.39, 0.29) is 6.04 Å². The molecule has 0 spiro atoms. The van der Waals surface area contributed by atoms with Crippen LogP contribution in [0.15, 0.2) is 16.8 Å². The first-order chi connectivity index (χ1) is 7.29. The Labute approximate surface area is 99.8 Å². The fourth-order valence-corrected chi connectivity index (χ4v) is 3.77. The highest BCUT2D eigenvalue weighted by Crippen LogP contribution is 2.27. The first kappa shape index (κ1) is 11.5. The van der Waals surface area contributed by atoms with E-state index >= 15 is 0 Å². The number of hydrogen-bond donors (Lipinski definition) is 1. The molecule has 2 heterocycles. The molecule has 0 aliphatic carbocycles. The summed E-state index contributed by atoms with van der Waals surface area (Å²) in [5, 5.41) is 4.37. The zero-order valence-corrected chi connectivity index (χ0v) is 10.7. The Hall–Kier alpha value is -0.0300. The van der Waals surface area contributed by atoms with Crippen molar-refractivity contribution in [3.05, 3.63) is 22.4 Å². The molecule has 1 saturated heterocycles. The van der Waals surface area contributed by atoms with Crippen LogP contribution >= 0.6 is 23.1 Å². The second kappa shape index (κ2) is 5.34. The fourth-order valence-electron chi connectivity index (χ4n) is 2.15. The molecule has 2 N–H and O–H groups in total. The lowest BCUT2D eigenvalue weighted by molar-refractivity contribution is 0.195. The summed E-state index contributed by atoms with van der Waals surface area (Å²) in [7, 11) is 0. The van der Waals surface area contributed by atoms with Crippen molar-refractivity contribution in [2.24, 2.45) is 5.73 Å². The maximum Gasteiger partial charge on any atom is 0.0505 e. The predicted octanol–water partition coefficient (Wildman–Crippen LogP) is 2.19. The molecule has 2 nitrogen and oxygen atoms in total. The van der Waals surface area contributed by atoms with E-state index in [4.69, 9.17) is 5.73 Å². The summed E-state index contributed by atoms with van der Waals surface area (Å²) in [6, 6.07) is 2.83. The quantitative estimate of drug-likeness (QED) is 0.881. The van der Waals surface area contributed by atoms with Gasteiger partial charge in [0.1, 0.15) is 0 Å². The van der Waals surface area contributed by atoms with Crippen molar-refractivity contribution in [2.75, 3.05) is 24.6 Å². The van der Waals surface area contributed by atoms with Crippen LogP contribution in [-0.2, 0) is 0 Å². The predicted molar refractivity (Wildman–Crippen MR) is 69.6 cm³/mol. The Morgan fingerprint density at radius 1 is 1.40 bits per heavy atom. The third kappa shape index (κ3) is 2.75. The van der Waals surface area contributed by atoms with Gasteiger partial charge in [0.15, 0.2) is 0 Å². The third-order valence-corrected chi connectivity index (χ3v) is 4.47. The fraction of sp³-hybridized carbons (Fsp3) is 0.636. The molecule has 4 heteroatoms. The minimum Gasteiger partial charge on any atom is -0.326 e. The lowest BCUT2D eigenvalue weighted by atomic mass is 10.0. The molecule has 1 aromatic heterocycles. The summed E-state index contributed by atoms with van der Waals surface area (Å²) in [5.41, 5.74) is 7.51. The largest absolute Gasteiger partial charge is 0.326 e. The van der Waals surface area contributed by atoms with Crippen molar-refractivity contribution in [3.8, 4) is 0 Å². The van der Waals surface area contributed by atoms with Crippen LogP contribution in [0, 0.1) is 0 Å². The molecule has 0 saturated carbocycles. The van der Waals surface area contributed by atoms with Crippen molar-refractivity contribution in [3.63, 3.8) is 0 Å². The number of nitrogens with two attached hydrogens (primary N) is 1. The van der Waals surface area contributed by atoms with Crippen LogP contribution in [0.25, 0.3) is 0 Å². The standard InChI is InChI=1S/C11H18N2S2/c1-9(12)11(10-2-5-15-8-10)13-3-6-14-7-4-13/h2,5,8-9,11H,3-4,6-7,12H2,1H3. The molecule has 1 fully saturated rings. The van der Waals surface area contributed by atoms with Gasteiger partial charge in [-0.1, -0.05) is 0 Å². The molecule has 15 heavy (non-hydrogen) atoms. The van der Waals surface area contributed by atoms with Crippen molar-refractivity contribution < 1.29 is 0 Å². The van der Waals surface area contributed by atoms with E-state index in [2.05, 4.69) is 28.7 Å². The molecule has 1 aromatic rings. The number of thioether (sulfide) groups is 1. The van der Waals surface area contributed by atoms with Crippen molar-refractivity contribution >= 4 is 23.1 Å². The monoisotopic (exact) mass is 242 g/mol. The van der Waals surface area contributed by atoms with Crippen molar-refractivity contribution in [1.82, 2.24) is 4.90 Å². The Morgan fingerprint density at radius 2 is 2.13 bits per heavy atom. The molecule has 0 amide bonds. The van der Waals surface area contributed by atoms with Gasteiger partial charge in [0, 0.05) is 30.6 Å². The molecule has 0 radical (unpaired) electrons. The van der Waals surface area contributed by atoms with Crippen LogP contribution in [0.1, 0.15) is 18.5 Å². The van der Waals surface area contributed by atoms with Gasteiger partial charge >= 0.3 is 0 Å². The highest BCUT2D eigenvalue weighted by atomic mass is 32.2. The van der Waals surface area contributed by atoms with Crippen LogP contribution in [-0.4, -0.2) is 35.5 Å². The summed E-state index contributed by atoms with van der Waals surface area (Å²) in [5.74, 6) is 2.49. The molecule has 0 bridgehead atoms. The maximum atomic E-state index is 6.11. The molecule has 2 atom stereocenters. The molecule has 0 aromatic carbocycles. The van der Waals surface area contributed by atoms with Crippen molar-refractivity contribution in [2.45, 2.75) is 19.0 Å². The van der Waals surface area contributed by atoms with Crippen LogP contribution in [0.4, 0.5) is 0 Å². The van der Waals surface area contributed by atoms with Gasteiger partial charge in [-0.25, -0.2) is 0 Å². The highest BCUT2D eigenvalue weighted by molar-refractivity contribution is 7.99. The Morgan fingerprint density at radius 3 is 2.67 bits per heavy atom. The summed E-state index contributed by atoms with van der Waals surface area (Å²) in [6.45, 7) is 4.46. The Kier molecular flexibility index (Phi) is 4.08. The van der Waals surface area contributed by atoms with Crippen LogP contribution < -0.4 is 5.73 Å². The second-order valence-electron chi connectivity index (χ2n) is 4.01. The van der Waals surface area contributed by atoms with Gasteiger partial charge in [-0.05, 0) is 29.3 Å². The van der Waals surface area contributed by atoms with E-state index in [1.807, 2.05) is 11.8 Å². The first-order valence-electron chi connectivity index (χ1n) is 5.38. The Balaban J connectivity index is 2.12. The van der Waals surface area contributed by atoms with E-state index in [1.165, 1.54) is 30.2 Å². The normalized spacial score (nSPS) is 22.5. The summed E-state index contributed by atoms with van der Waals surface area (Å²) >= 11 is 3.81. The second-order valence-corrected chi connectivity index (χ2v) is 6.01. The van der Waals surface area contributed by atoms with E-state index in [1.54, 1.807) is 11.3 Å². The Bertz CT molecular complexity index is 279. The van der Waals surface area contributed by atoms with Crippen LogP contribution in [0.5, 0.6) is 0 Å². The lowest BCUT2D eigenvalue weighted by Gasteiger charge is -2.36. The molecule has 1 aliphatic heterocycles. The van der Waals surface area contributed by atoms with Crippen LogP contribution in [0.2, 0.25) is 0 Å². The summed E-state index contributed by atoms with van der Waals surface area (Å²) in [6.07, 6.45) is 0. The lowest BCUT2D eigenvalue weighted by Crippen LogP contribution is -2.43. The van der Waals surface area contributed by atoms with Crippen LogP contribution in [0.3, 0.4) is 0 Å². The number of nitrogens with zero attached hydrogens (tertiary/aromatic N) is 1. The molecular formula is C11H18N2S2. The van der Waals surface area contributed by atoms with E-state index in [0.717, 1.165) is 0 Å². The van der Waals surface area contributed by atoms with Gasteiger partial charge in [0.05, 0.1) is 6.04 Å². The topological polar surface area (TPSA) is 29.3 Å². The summed E-state index contributed by atoms with van der Waals surface area (Å²) < 4.78 is 0. The molecule has 2 unspecified atom stereocenters. The van der Waals surface area contributed by atoms with Gasteiger partial charge in [-0.3, -0.25) is 4.90 Å². The minimum absolute atomic E-state index is 0.211. The molecule has 1 aliphatic rings. The maximum absolute atomic E-state index is 6.11. The van der Waals surface area contributed by atoms with Gasteiger partial charge in [-0.15, -0.1) is 0 Å². The molecule has 2 rings (SSSR count). The third-order valence-electron chi connectivity index (χ3n) is 2.82. The van der Waals surface area contributed by atoms with Gasteiger partial charge in [0.2, 0.25) is 0 Å². The minimum atomic E-state index is 0.211. The van der Waals surface area contributed by atoms with E-state index in [9.17, 15) is 0 Å². The molecule has 84 valence electrons. The zero-order chi connectivity index (χ0) is 10.7. The zero-order valence-electron chi connectivity index (χ0n) is 9.06. The molecular weight excluding hydrogens is 224 g/mol. The average Bonchev–Trinajstić information content (AvgIpc) is 2.72. The average molecular weight is 242 g/mol. The number of thiophene rings is 1. The van der Waals surface area contributed by atoms with E-state index in [0.29, 0.717) is 6.04 Å². The van der Waals surface area contributed by atoms with Crippen molar-refractivity contribution in [1.29, 1.82) is 0 Å².